The third-order valence-electron chi connectivity index (χ3n) is 4.83. The Labute approximate surface area is 172 Å². The number of tetrazole rings is 1. The molecule has 1 atom stereocenters. The molecule has 2 heterocycles. The van der Waals surface area contributed by atoms with E-state index in [1.807, 2.05) is 6.07 Å². The fourth-order valence-corrected chi connectivity index (χ4v) is 3.42. The van der Waals surface area contributed by atoms with Crippen LogP contribution in [0, 0.1) is 0 Å². The number of phenols is 1. The van der Waals surface area contributed by atoms with E-state index in [4.69, 9.17) is 9.47 Å². The number of methoxy groups -OCH3 is 2. The number of aromatic hydroxyl groups is 1. The number of carbonyl (C=O) groups is 1. The van der Waals surface area contributed by atoms with E-state index in [9.17, 15) is 9.90 Å². The van der Waals surface area contributed by atoms with E-state index >= 15 is 0 Å². The third kappa shape index (κ3) is 3.28. The predicted octanol–water partition coefficient (Wildman–Crippen LogP) is 2.32. The summed E-state index contributed by atoms with van der Waals surface area (Å²) in [5.74, 6) is 0.871. The molecular formula is C20H20N6O4. The Hall–Kier alpha value is -4.08. The number of rotatable bonds is 5. The minimum Gasteiger partial charge on any atom is -0.504 e. The topological polar surface area (TPSA) is 123 Å². The quantitative estimate of drug-likeness (QED) is 0.588. The minimum atomic E-state index is -0.638. The summed E-state index contributed by atoms with van der Waals surface area (Å²) >= 11 is 0. The molecule has 2 aromatic carbocycles. The highest BCUT2D eigenvalue weighted by atomic mass is 16.5. The first-order valence-electron chi connectivity index (χ1n) is 9.10. The van der Waals surface area contributed by atoms with E-state index in [2.05, 4.69) is 26.2 Å². The van der Waals surface area contributed by atoms with Gasteiger partial charge in [-0.25, -0.2) is 0 Å². The number of carbonyl (C=O) groups excluding carboxylic acids is 1. The number of ether oxygens (including phenoxy) is 2. The van der Waals surface area contributed by atoms with E-state index in [-0.39, 0.29) is 17.4 Å². The molecular weight excluding hydrogens is 388 g/mol. The highest BCUT2D eigenvalue weighted by molar-refractivity contribution is 6.06. The van der Waals surface area contributed by atoms with Crippen molar-refractivity contribution in [3.8, 4) is 17.2 Å². The Morgan fingerprint density at radius 1 is 1.17 bits per heavy atom. The highest BCUT2D eigenvalue weighted by Crippen LogP contribution is 2.38. The van der Waals surface area contributed by atoms with Gasteiger partial charge in [0.2, 0.25) is 5.95 Å². The second kappa shape index (κ2) is 7.74. The molecule has 30 heavy (non-hydrogen) atoms. The molecule has 0 spiro atoms. The molecule has 3 N–H and O–H groups in total. The number of allylic oxidation sites excluding steroid dienone is 1. The maximum Gasteiger partial charge on any atom is 0.255 e. The Morgan fingerprint density at radius 3 is 2.70 bits per heavy atom. The van der Waals surface area contributed by atoms with Crippen LogP contribution in [0.15, 0.2) is 53.7 Å². The molecule has 3 aromatic rings. The lowest BCUT2D eigenvalue weighted by Gasteiger charge is -2.28. The summed E-state index contributed by atoms with van der Waals surface area (Å²) in [6, 6.07) is 11.4. The van der Waals surface area contributed by atoms with Crippen molar-refractivity contribution in [2.45, 2.75) is 13.0 Å². The molecule has 0 aliphatic carbocycles. The van der Waals surface area contributed by atoms with Crippen molar-refractivity contribution in [2.24, 2.45) is 0 Å². The Bertz CT molecular complexity index is 1140. The average Bonchev–Trinajstić information content (AvgIpc) is 3.21. The van der Waals surface area contributed by atoms with Crippen LogP contribution >= 0.6 is 0 Å². The molecule has 1 aliphatic heterocycles. The zero-order chi connectivity index (χ0) is 21.3. The molecule has 10 heteroatoms. The first-order valence-corrected chi connectivity index (χ1v) is 9.10. The maximum absolute atomic E-state index is 13.4. The van der Waals surface area contributed by atoms with E-state index < -0.39 is 6.04 Å². The molecule has 1 amide bonds. The van der Waals surface area contributed by atoms with E-state index in [0.717, 1.165) is 0 Å². The van der Waals surface area contributed by atoms with Gasteiger partial charge >= 0.3 is 0 Å². The van der Waals surface area contributed by atoms with Crippen molar-refractivity contribution in [2.75, 3.05) is 24.9 Å². The number of amides is 1. The predicted molar refractivity (Wildman–Crippen MR) is 109 cm³/mol. The first-order chi connectivity index (χ1) is 14.5. The number of aromatic nitrogens is 4. The number of anilines is 2. The number of hydrogen-bond donors (Lipinski definition) is 3. The van der Waals surface area contributed by atoms with Crippen molar-refractivity contribution in [1.29, 1.82) is 0 Å². The number of hydrogen-bond acceptors (Lipinski definition) is 8. The van der Waals surface area contributed by atoms with Gasteiger partial charge in [0.05, 0.1) is 25.5 Å². The summed E-state index contributed by atoms with van der Waals surface area (Å²) in [6.07, 6.45) is 0. The monoisotopic (exact) mass is 408 g/mol. The smallest absolute Gasteiger partial charge is 0.255 e. The van der Waals surface area contributed by atoms with E-state index in [0.29, 0.717) is 34.2 Å². The molecule has 0 radical (unpaired) electrons. The van der Waals surface area contributed by atoms with Gasteiger partial charge in [-0.1, -0.05) is 23.3 Å². The van der Waals surface area contributed by atoms with Crippen LogP contribution in [-0.4, -0.2) is 45.4 Å². The maximum atomic E-state index is 13.4. The summed E-state index contributed by atoms with van der Waals surface area (Å²) < 4.78 is 12.1. The zero-order valence-corrected chi connectivity index (χ0v) is 16.6. The van der Waals surface area contributed by atoms with Crippen LogP contribution in [0.1, 0.15) is 18.5 Å². The number of benzene rings is 2. The summed E-state index contributed by atoms with van der Waals surface area (Å²) in [6.45, 7) is 1.78. The van der Waals surface area contributed by atoms with Crippen LogP contribution in [0.4, 0.5) is 11.6 Å². The minimum absolute atomic E-state index is 0.00662. The van der Waals surface area contributed by atoms with Gasteiger partial charge in [-0.05, 0) is 47.2 Å². The first kappa shape index (κ1) is 19.2. The summed E-state index contributed by atoms with van der Waals surface area (Å²) in [5, 5.41) is 27.7. The normalized spacial score (nSPS) is 15.2. The van der Waals surface area contributed by atoms with Crippen LogP contribution < -0.4 is 20.1 Å². The summed E-state index contributed by atoms with van der Waals surface area (Å²) in [5.41, 5.74) is 2.22. The lowest BCUT2D eigenvalue weighted by atomic mass is 9.94. The number of nitrogens with one attached hydrogen (secondary N) is 2. The van der Waals surface area contributed by atoms with Crippen molar-refractivity contribution in [3.63, 3.8) is 0 Å². The molecule has 0 fully saturated rings. The van der Waals surface area contributed by atoms with Crippen molar-refractivity contribution in [1.82, 2.24) is 20.2 Å². The SMILES string of the molecule is COc1cc(C2C(C(=O)Nc3ccccc3OC)=C(C)Nc3nnnn32)ccc1O. The molecule has 0 saturated heterocycles. The lowest BCUT2D eigenvalue weighted by Crippen LogP contribution is -2.31. The molecule has 0 bridgehead atoms. The molecule has 0 saturated carbocycles. The number of fused-ring (bicyclic) bond motifs is 1. The van der Waals surface area contributed by atoms with Gasteiger partial charge in [-0.3, -0.25) is 4.79 Å². The summed E-state index contributed by atoms with van der Waals surface area (Å²) in [7, 11) is 3.00. The highest BCUT2D eigenvalue weighted by Gasteiger charge is 2.34. The Morgan fingerprint density at radius 2 is 1.93 bits per heavy atom. The summed E-state index contributed by atoms with van der Waals surface area (Å²) in [4.78, 5) is 13.4. The number of nitrogens with zero attached hydrogens (tertiary/aromatic N) is 4. The fourth-order valence-electron chi connectivity index (χ4n) is 3.42. The largest absolute Gasteiger partial charge is 0.504 e. The van der Waals surface area contributed by atoms with Crippen LogP contribution in [0.5, 0.6) is 17.2 Å². The third-order valence-corrected chi connectivity index (χ3v) is 4.83. The molecule has 1 unspecified atom stereocenters. The lowest BCUT2D eigenvalue weighted by molar-refractivity contribution is -0.113. The second-order valence-corrected chi connectivity index (χ2v) is 6.60. The van der Waals surface area contributed by atoms with Crippen LogP contribution in [0.2, 0.25) is 0 Å². The van der Waals surface area contributed by atoms with Crippen LogP contribution in [-0.2, 0) is 4.79 Å². The van der Waals surface area contributed by atoms with Crippen LogP contribution in [0.25, 0.3) is 0 Å². The van der Waals surface area contributed by atoms with Crippen molar-refractivity contribution < 1.29 is 19.4 Å². The van der Waals surface area contributed by atoms with E-state index in [1.165, 1.54) is 25.0 Å². The molecule has 4 rings (SSSR count). The van der Waals surface area contributed by atoms with Gasteiger partial charge < -0.3 is 25.2 Å². The van der Waals surface area contributed by atoms with Gasteiger partial charge in [0.15, 0.2) is 11.5 Å². The Balaban J connectivity index is 1.79. The molecule has 154 valence electrons. The fraction of sp³-hybridized carbons (Fsp3) is 0.200. The standard InChI is InChI=1S/C20H20N6O4/c1-11-17(19(28)22-13-6-4-5-7-15(13)29-2)18(26-20(21-11)23-24-25-26)12-8-9-14(27)16(10-12)30-3/h4-10,18,27H,1-3H3,(H,22,28)(H,21,23,25). The van der Waals surface area contributed by atoms with Crippen LogP contribution in [0.3, 0.4) is 0 Å². The van der Waals surface area contributed by atoms with Gasteiger partial charge in [0, 0.05) is 5.70 Å². The molecule has 1 aliphatic rings. The zero-order valence-electron chi connectivity index (χ0n) is 16.6. The number of para-hydroxylation sites is 2. The molecule has 1 aromatic heterocycles. The van der Waals surface area contributed by atoms with E-state index in [1.54, 1.807) is 37.3 Å². The second-order valence-electron chi connectivity index (χ2n) is 6.60. The van der Waals surface area contributed by atoms with Gasteiger partial charge in [0.25, 0.3) is 5.91 Å². The number of phenolic OH excluding ortho intramolecular Hbond substituents is 1. The van der Waals surface area contributed by atoms with Crippen molar-refractivity contribution in [3.05, 3.63) is 59.3 Å². The Kier molecular flexibility index (Phi) is 4.97. The van der Waals surface area contributed by atoms with Gasteiger partial charge in [-0.2, -0.15) is 4.68 Å². The average molecular weight is 408 g/mol. The van der Waals surface area contributed by atoms with Crippen molar-refractivity contribution >= 4 is 17.5 Å². The van der Waals surface area contributed by atoms with Gasteiger partial charge in [0.1, 0.15) is 11.8 Å². The van der Waals surface area contributed by atoms with Gasteiger partial charge in [-0.15, -0.1) is 0 Å². The molecule has 10 nitrogen and oxygen atoms in total.